The number of phenols is 1. The minimum Gasteiger partial charge on any atom is -0.507 e. The molecule has 102 valence electrons. The van der Waals surface area contributed by atoms with Crippen molar-refractivity contribution in [2.24, 2.45) is 0 Å². The number of allylic oxidation sites excluding steroid dienone is 1. The molecule has 0 heterocycles. The first-order valence-corrected chi connectivity index (χ1v) is 6.75. The number of phenolic OH excluding ortho intramolecular Hbond substituents is 1. The number of hydrogen-bond acceptors (Lipinski definition) is 3. The molecule has 0 atom stereocenters. The predicted octanol–water partition coefficient (Wildman–Crippen LogP) is 4.06. The lowest BCUT2D eigenvalue weighted by molar-refractivity contribution is 0.104. The lowest BCUT2D eigenvalue weighted by Gasteiger charge is -2.03. The summed E-state index contributed by atoms with van der Waals surface area (Å²) in [6, 6.07) is 12.0. The minimum absolute atomic E-state index is 0.0157. The highest BCUT2D eigenvalue weighted by Gasteiger charge is 2.06. The molecule has 0 saturated heterocycles. The van der Waals surface area contributed by atoms with Crippen LogP contribution in [0, 0.1) is 0 Å². The molecular weight excluding hydrogens is 320 g/mol. The number of ketones is 1. The number of ether oxygens (including phenoxy) is 1. The van der Waals surface area contributed by atoms with E-state index in [9.17, 15) is 9.90 Å². The van der Waals surface area contributed by atoms with Crippen molar-refractivity contribution >= 4 is 27.8 Å². The largest absolute Gasteiger partial charge is 0.507 e. The lowest BCUT2D eigenvalue weighted by Crippen LogP contribution is -1.94. The van der Waals surface area contributed by atoms with Crippen LogP contribution in [0.2, 0.25) is 0 Å². The summed E-state index contributed by atoms with van der Waals surface area (Å²) < 4.78 is 5.96. The highest BCUT2D eigenvalue weighted by atomic mass is 79.9. The van der Waals surface area contributed by atoms with Gasteiger partial charge in [0.25, 0.3) is 0 Å². The Morgan fingerprint density at radius 2 is 2.00 bits per heavy atom. The fourth-order valence-corrected chi connectivity index (χ4v) is 2.29. The molecule has 0 spiro atoms. The molecule has 2 rings (SSSR count). The Hall–Kier alpha value is -2.07. The number of methoxy groups -OCH3 is 1. The molecule has 0 bridgehead atoms. The van der Waals surface area contributed by atoms with Crippen LogP contribution in [0.3, 0.4) is 0 Å². The third kappa shape index (κ3) is 3.27. The molecule has 0 unspecified atom stereocenters. The second-order valence-corrected chi connectivity index (χ2v) is 4.96. The van der Waals surface area contributed by atoms with Gasteiger partial charge in [-0.15, -0.1) is 0 Å². The van der Waals surface area contributed by atoms with Crippen molar-refractivity contribution in [3.8, 4) is 11.5 Å². The van der Waals surface area contributed by atoms with Crippen molar-refractivity contribution in [2.75, 3.05) is 7.11 Å². The molecule has 2 aromatic rings. The van der Waals surface area contributed by atoms with Crippen LogP contribution in [0.5, 0.6) is 11.5 Å². The number of benzene rings is 2. The summed E-state index contributed by atoms with van der Waals surface area (Å²) >= 11 is 3.39. The van der Waals surface area contributed by atoms with Crippen LogP contribution in [-0.4, -0.2) is 18.0 Å². The molecule has 0 aromatic heterocycles. The zero-order valence-electron chi connectivity index (χ0n) is 10.8. The molecule has 20 heavy (non-hydrogen) atoms. The first-order chi connectivity index (χ1) is 9.61. The summed E-state index contributed by atoms with van der Waals surface area (Å²) in [4.78, 5) is 12.0. The summed E-state index contributed by atoms with van der Waals surface area (Å²) in [6.07, 6.45) is 3.13. The van der Waals surface area contributed by atoms with Gasteiger partial charge in [-0.1, -0.05) is 24.3 Å². The first kappa shape index (κ1) is 14.3. The summed E-state index contributed by atoms with van der Waals surface area (Å²) in [6.45, 7) is 0. The van der Waals surface area contributed by atoms with Gasteiger partial charge in [-0.2, -0.15) is 0 Å². The molecule has 0 aliphatic rings. The normalized spacial score (nSPS) is 10.7. The van der Waals surface area contributed by atoms with Gasteiger partial charge in [-0.25, -0.2) is 0 Å². The van der Waals surface area contributed by atoms with E-state index in [1.165, 1.54) is 12.1 Å². The van der Waals surface area contributed by atoms with E-state index in [2.05, 4.69) is 15.9 Å². The van der Waals surface area contributed by atoms with Gasteiger partial charge in [0.1, 0.15) is 11.5 Å². The van der Waals surface area contributed by atoms with Crippen LogP contribution in [-0.2, 0) is 0 Å². The summed E-state index contributed by atoms with van der Waals surface area (Å²) in [7, 11) is 1.59. The minimum atomic E-state index is -0.241. The summed E-state index contributed by atoms with van der Waals surface area (Å²) in [5.74, 6) is 0.474. The molecule has 4 heteroatoms. The zero-order valence-corrected chi connectivity index (χ0v) is 12.4. The van der Waals surface area contributed by atoms with Crippen LogP contribution >= 0.6 is 15.9 Å². The third-order valence-corrected chi connectivity index (χ3v) is 3.39. The van der Waals surface area contributed by atoms with Gasteiger partial charge in [0.05, 0.1) is 17.1 Å². The van der Waals surface area contributed by atoms with E-state index in [1.807, 2.05) is 18.2 Å². The van der Waals surface area contributed by atoms with Gasteiger partial charge in [0.15, 0.2) is 5.78 Å². The molecule has 0 amide bonds. The van der Waals surface area contributed by atoms with E-state index in [-0.39, 0.29) is 17.1 Å². The maximum atomic E-state index is 12.0. The van der Waals surface area contributed by atoms with Crippen molar-refractivity contribution in [1.82, 2.24) is 0 Å². The molecule has 0 radical (unpaired) electrons. The molecule has 0 aliphatic carbocycles. The molecule has 0 aliphatic heterocycles. The molecule has 3 nitrogen and oxygen atoms in total. The van der Waals surface area contributed by atoms with Gasteiger partial charge in [-0.05, 0) is 51.8 Å². The average Bonchev–Trinajstić information content (AvgIpc) is 2.45. The van der Waals surface area contributed by atoms with Gasteiger partial charge < -0.3 is 9.84 Å². The molecule has 2 aromatic carbocycles. The van der Waals surface area contributed by atoms with Gasteiger partial charge >= 0.3 is 0 Å². The van der Waals surface area contributed by atoms with Crippen LogP contribution < -0.4 is 4.74 Å². The van der Waals surface area contributed by atoms with Crippen LogP contribution in [0.1, 0.15) is 15.9 Å². The predicted molar refractivity (Wildman–Crippen MR) is 82.2 cm³/mol. The summed E-state index contributed by atoms with van der Waals surface area (Å²) in [5.41, 5.74) is 1.15. The Bertz CT molecular complexity index is 663. The Labute approximate surface area is 125 Å². The maximum absolute atomic E-state index is 12.0. The van der Waals surface area contributed by atoms with E-state index in [0.717, 1.165) is 15.8 Å². The van der Waals surface area contributed by atoms with E-state index in [1.54, 1.807) is 31.4 Å². The number of aromatic hydroxyl groups is 1. The Kier molecular flexibility index (Phi) is 4.58. The van der Waals surface area contributed by atoms with Crippen molar-refractivity contribution in [1.29, 1.82) is 0 Å². The molecule has 0 fully saturated rings. The molecular formula is C16H13BrO3. The van der Waals surface area contributed by atoms with E-state index in [4.69, 9.17) is 4.74 Å². The highest BCUT2D eigenvalue weighted by molar-refractivity contribution is 9.10. The Morgan fingerprint density at radius 3 is 2.65 bits per heavy atom. The second kappa shape index (κ2) is 6.39. The molecule has 0 saturated carbocycles. The number of hydrogen-bond donors (Lipinski definition) is 1. The monoisotopic (exact) mass is 332 g/mol. The van der Waals surface area contributed by atoms with Crippen molar-refractivity contribution < 1.29 is 14.6 Å². The van der Waals surface area contributed by atoms with E-state index >= 15 is 0 Å². The number of halogens is 1. The Morgan fingerprint density at radius 1 is 1.25 bits per heavy atom. The van der Waals surface area contributed by atoms with Gasteiger partial charge in [0.2, 0.25) is 0 Å². The quantitative estimate of drug-likeness (QED) is 0.678. The molecule has 1 N–H and O–H groups in total. The standard InChI is InChI=1S/C16H13BrO3/c1-20-16-9-7-11(10-13(16)17)6-8-15(19)12-4-2-3-5-14(12)18/h2-10,18H,1H3/b8-6+. The first-order valence-electron chi connectivity index (χ1n) is 5.96. The lowest BCUT2D eigenvalue weighted by atomic mass is 10.1. The topological polar surface area (TPSA) is 46.5 Å². The number of carbonyl (C=O) groups excluding carboxylic acids is 1. The number of para-hydroxylation sites is 1. The van der Waals surface area contributed by atoms with Crippen molar-refractivity contribution in [2.45, 2.75) is 0 Å². The summed E-state index contributed by atoms with van der Waals surface area (Å²) in [5, 5.41) is 9.61. The second-order valence-electron chi connectivity index (χ2n) is 4.11. The number of rotatable bonds is 4. The smallest absolute Gasteiger partial charge is 0.189 e. The van der Waals surface area contributed by atoms with Crippen LogP contribution in [0.25, 0.3) is 6.08 Å². The SMILES string of the molecule is COc1ccc(/C=C/C(=O)c2ccccc2O)cc1Br. The van der Waals surface area contributed by atoms with Crippen molar-refractivity contribution in [3.63, 3.8) is 0 Å². The maximum Gasteiger partial charge on any atom is 0.189 e. The highest BCUT2D eigenvalue weighted by Crippen LogP contribution is 2.26. The van der Waals surface area contributed by atoms with Crippen LogP contribution in [0.4, 0.5) is 0 Å². The number of carbonyl (C=O) groups is 1. The Balaban J connectivity index is 2.19. The third-order valence-electron chi connectivity index (χ3n) is 2.77. The fourth-order valence-electron chi connectivity index (χ4n) is 1.73. The van der Waals surface area contributed by atoms with E-state index in [0.29, 0.717) is 0 Å². The van der Waals surface area contributed by atoms with E-state index < -0.39 is 0 Å². The zero-order chi connectivity index (χ0) is 14.5. The van der Waals surface area contributed by atoms with Gasteiger partial charge in [-0.3, -0.25) is 4.79 Å². The average molecular weight is 333 g/mol. The van der Waals surface area contributed by atoms with Crippen molar-refractivity contribution in [3.05, 3.63) is 64.1 Å². The fraction of sp³-hybridized carbons (Fsp3) is 0.0625. The van der Waals surface area contributed by atoms with Crippen LogP contribution in [0.15, 0.2) is 53.0 Å². The van der Waals surface area contributed by atoms with Gasteiger partial charge in [0, 0.05) is 0 Å².